The van der Waals surface area contributed by atoms with Crippen molar-refractivity contribution in [2.75, 3.05) is 37.8 Å². The second-order valence-electron chi connectivity index (χ2n) is 19.9. The molecule has 2 amide bonds. The fraction of sp³-hybridized carbons (Fsp3) is 0.560. The Morgan fingerprint density at radius 2 is 1.02 bits per heavy atom. The first-order valence-electron chi connectivity index (χ1n) is 21.8. The van der Waals surface area contributed by atoms with Crippen LogP contribution < -0.4 is 10.6 Å². The van der Waals surface area contributed by atoms with Crippen molar-refractivity contribution in [3.63, 3.8) is 0 Å². The molecular formula is C50H70N4O6. The maximum atomic E-state index is 11.6. The van der Waals surface area contributed by atoms with E-state index in [4.69, 9.17) is 9.47 Å². The van der Waals surface area contributed by atoms with E-state index in [1.54, 1.807) is 22.3 Å². The van der Waals surface area contributed by atoms with Gasteiger partial charge in [-0.1, -0.05) is 52.0 Å². The van der Waals surface area contributed by atoms with Gasteiger partial charge in [-0.3, -0.25) is 9.80 Å². The number of carbonyl (C=O) groups excluding carboxylic acids is 4. The SMILES string of the molecule is CC(C)(C)OC(=O)N1CCCC1C=O.CC(C)(C)OC(=O)N1CCCC1C=O.CNc1cccc(-c2c3c(c(-c4cccc(NC)c4)c4c2C(C)(C)CC4)C(C)(C)CC3)c1. The summed E-state index contributed by atoms with van der Waals surface area (Å²) < 4.78 is 10.4. The Hall–Kier alpha value is -4.86. The Balaban J connectivity index is 0.000000202. The molecule has 2 aliphatic heterocycles. The minimum absolute atomic E-state index is 0.178. The summed E-state index contributed by atoms with van der Waals surface area (Å²) in [5.41, 5.74) is 13.9. The second kappa shape index (κ2) is 18.4. The van der Waals surface area contributed by atoms with Gasteiger partial charge in [-0.25, -0.2) is 9.59 Å². The van der Waals surface area contributed by atoms with Crippen molar-refractivity contribution >= 4 is 36.1 Å². The van der Waals surface area contributed by atoms with Crippen molar-refractivity contribution < 1.29 is 28.7 Å². The Morgan fingerprint density at radius 1 is 0.650 bits per heavy atom. The van der Waals surface area contributed by atoms with Gasteiger partial charge in [0.1, 0.15) is 23.8 Å². The van der Waals surface area contributed by atoms with E-state index in [1.165, 1.54) is 56.3 Å². The van der Waals surface area contributed by atoms with Crippen LogP contribution in [0.25, 0.3) is 22.3 Å². The maximum absolute atomic E-state index is 11.6. The summed E-state index contributed by atoms with van der Waals surface area (Å²) in [6.07, 6.45) is 8.86. The molecule has 10 nitrogen and oxygen atoms in total. The highest BCUT2D eigenvalue weighted by molar-refractivity contribution is 5.88. The summed E-state index contributed by atoms with van der Waals surface area (Å²) in [5.74, 6) is 0. The van der Waals surface area contributed by atoms with Crippen LogP contribution in [0.15, 0.2) is 48.5 Å². The number of benzene rings is 3. The Labute approximate surface area is 359 Å². The van der Waals surface area contributed by atoms with Crippen LogP contribution in [0, 0.1) is 0 Å². The Morgan fingerprint density at radius 3 is 1.33 bits per heavy atom. The van der Waals surface area contributed by atoms with E-state index in [1.807, 2.05) is 55.6 Å². The van der Waals surface area contributed by atoms with E-state index in [2.05, 4.69) is 86.9 Å². The van der Waals surface area contributed by atoms with Gasteiger partial charge in [-0.2, -0.15) is 0 Å². The minimum atomic E-state index is -0.493. The highest BCUT2D eigenvalue weighted by atomic mass is 16.6. The summed E-state index contributed by atoms with van der Waals surface area (Å²) in [4.78, 5) is 47.4. The largest absolute Gasteiger partial charge is 0.444 e. The number of rotatable bonds is 6. The number of aldehydes is 2. The van der Waals surface area contributed by atoms with Gasteiger partial charge in [-0.15, -0.1) is 0 Å². The first-order chi connectivity index (χ1) is 28.1. The minimum Gasteiger partial charge on any atom is -0.444 e. The van der Waals surface area contributed by atoms with Gasteiger partial charge in [-0.05, 0) is 173 Å². The summed E-state index contributed by atoms with van der Waals surface area (Å²) in [7, 11) is 4.03. The van der Waals surface area contributed by atoms with Crippen molar-refractivity contribution in [2.24, 2.45) is 0 Å². The maximum Gasteiger partial charge on any atom is 0.410 e. The standard InChI is InChI=1S/C30H36N2.2C10H17NO3/c1-29(2)15-13-23-26(20-10-8-12-22(18-20)32-6)28-24(14-16-30(28,3)4)25(27(23)29)19-9-7-11-21(17-19)31-5;2*1-10(2,3)14-9(13)11-6-4-5-8(11)7-12/h7-12,17-18,31-32H,13-16H2,1-6H3;2*7-8H,4-6H2,1-3H3. The molecule has 0 saturated carbocycles. The number of hydrogen-bond donors (Lipinski definition) is 2. The quantitative estimate of drug-likeness (QED) is 0.236. The van der Waals surface area contributed by atoms with Crippen LogP contribution in [0.3, 0.4) is 0 Å². The zero-order valence-electron chi connectivity index (χ0n) is 38.3. The summed E-state index contributed by atoms with van der Waals surface area (Å²) >= 11 is 0. The summed E-state index contributed by atoms with van der Waals surface area (Å²) in [5, 5.41) is 6.70. The Kier molecular flexibility index (Phi) is 14.2. The normalized spacial score (nSPS) is 19.8. The molecule has 60 heavy (non-hydrogen) atoms. The molecule has 0 bridgehead atoms. The van der Waals surface area contributed by atoms with E-state index in [0.717, 1.165) is 51.1 Å². The van der Waals surface area contributed by atoms with Gasteiger partial charge in [0.15, 0.2) is 0 Å². The van der Waals surface area contributed by atoms with Gasteiger partial charge in [0.05, 0.1) is 12.1 Å². The monoisotopic (exact) mass is 823 g/mol. The van der Waals surface area contributed by atoms with Crippen LogP contribution in [0.1, 0.15) is 130 Å². The molecule has 2 atom stereocenters. The summed E-state index contributed by atoms with van der Waals surface area (Å²) in [6.45, 7) is 21.9. The van der Waals surface area contributed by atoms with Gasteiger partial charge < -0.3 is 29.7 Å². The van der Waals surface area contributed by atoms with E-state index < -0.39 is 11.2 Å². The lowest BCUT2D eigenvalue weighted by Gasteiger charge is -2.30. The average Bonchev–Trinajstić information content (AvgIpc) is 3.99. The molecule has 2 heterocycles. The van der Waals surface area contributed by atoms with Crippen LogP contribution in [0.4, 0.5) is 21.0 Å². The lowest BCUT2D eigenvalue weighted by Crippen LogP contribution is -2.40. The number of hydrogen-bond acceptors (Lipinski definition) is 8. The third kappa shape index (κ3) is 10.5. The first kappa shape index (κ1) is 46.2. The molecular weight excluding hydrogens is 753 g/mol. The van der Waals surface area contributed by atoms with Gasteiger partial charge in [0.25, 0.3) is 0 Å². The zero-order valence-corrected chi connectivity index (χ0v) is 38.3. The van der Waals surface area contributed by atoms with E-state index in [-0.39, 0.29) is 35.1 Å². The van der Waals surface area contributed by atoms with E-state index >= 15 is 0 Å². The molecule has 10 heteroatoms. The molecule has 3 aromatic carbocycles. The number of fused-ring (bicyclic) bond motifs is 2. The smallest absolute Gasteiger partial charge is 0.410 e. The molecule has 2 aliphatic carbocycles. The van der Waals surface area contributed by atoms with Crippen molar-refractivity contribution in [1.29, 1.82) is 0 Å². The van der Waals surface area contributed by atoms with Crippen molar-refractivity contribution in [1.82, 2.24) is 9.80 Å². The molecule has 2 fully saturated rings. The number of likely N-dealkylation sites (tertiary alicyclic amines) is 2. The number of nitrogens with one attached hydrogen (secondary N) is 2. The fourth-order valence-corrected chi connectivity index (χ4v) is 9.23. The zero-order chi connectivity index (χ0) is 44.2. The molecule has 0 spiro atoms. The highest BCUT2D eigenvalue weighted by Crippen LogP contribution is 2.56. The molecule has 2 N–H and O–H groups in total. The first-order valence-corrected chi connectivity index (χ1v) is 21.8. The van der Waals surface area contributed by atoms with Gasteiger partial charge >= 0.3 is 12.2 Å². The molecule has 7 rings (SSSR count). The second-order valence-corrected chi connectivity index (χ2v) is 19.9. The highest BCUT2D eigenvalue weighted by Gasteiger charge is 2.43. The molecule has 2 unspecified atom stereocenters. The molecule has 4 aliphatic rings. The van der Waals surface area contributed by atoms with Crippen LogP contribution in [-0.2, 0) is 42.7 Å². The van der Waals surface area contributed by atoms with Crippen LogP contribution in [-0.4, -0.2) is 85.0 Å². The van der Waals surface area contributed by atoms with Gasteiger partial charge in [0, 0.05) is 38.6 Å². The third-order valence-corrected chi connectivity index (χ3v) is 12.1. The lowest BCUT2D eigenvalue weighted by molar-refractivity contribution is -0.112. The molecule has 326 valence electrons. The number of amides is 2. The number of nitrogens with zero attached hydrogens (tertiary/aromatic N) is 2. The van der Waals surface area contributed by atoms with E-state index in [9.17, 15) is 19.2 Å². The van der Waals surface area contributed by atoms with Crippen molar-refractivity contribution in [2.45, 2.75) is 155 Å². The molecule has 3 aromatic rings. The van der Waals surface area contributed by atoms with Gasteiger partial charge in [0.2, 0.25) is 0 Å². The summed E-state index contributed by atoms with van der Waals surface area (Å²) in [6, 6.07) is 17.5. The molecule has 2 saturated heterocycles. The predicted molar refractivity (Wildman–Crippen MR) is 243 cm³/mol. The number of ether oxygens (including phenoxy) is 2. The lowest BCUT2D eigenvalue weighted by atomic mass is 9.73. The third-order valence-electron chi connectivity index (χ3n) is 12.1. The predicted octanol–water partition coefficient (Wildman–Crippen LogP) is 10.7. The molecule has 0 radical (unpaired) electrons. The van der Waals surface area contributed by atoms with E-state index in [0.29, 0.717) is 13.1 Å². The fourth-order valence-electron chi connectivity index (χ4n) is 9.23. The van der Waals surface area contributed by atoms with Crippen molar-refractivity contribution in [3.8, 4) is 22.3 Å². The van der Waals surface area contributed by atoms with Crippen LogP contribution in [0.5, 0.6) is 0 Å². The topological polar surface area (TPSA) is 117 Å². The van der Waals surface area contributed by atoms with Crippen molar-refractivity contribution in [3.05, 3.63) is 70.8 Å². The Bertz CT molecular complexity index is 1900. The average molecular weight is 823 g/mol. The van der Waals surface area contributed by atoms with Crippen LogP contribution in [0.2, 0.25) is 0 Å². The number of carbonyl (C=O) groups is 4. The number of anilines is 2. The molecule has 0 aromatic heterocycles. The van der Waals surface area contributed by atoms with Crippen LogP contribution >= 0.6 is 0 Å².